The molecule has 0 radical (unpaired) electrons. The van der Waals surface area contributed by atoms with Gasteiger partial charge < -0.3 is 5.11 Å². The molecule has 4 nitrogen and oxygen atoms in total. The summed E-state index contributed by atoms with van der Waals surface area (Å²) >= 11 is 0. The van der Waals surface area contributed by atoms with Gasteiger partial charge in [0, 0.05) is 6.20 Å². The highest BCUT2D eigenvalue weighted by molar-refractivity contribution is 5.85. The van der Waals surface area contributed by atoms with Crippen molar-refractivity contribution in [3.63, 3.8) is 0 Å². The molecule has 0 saturated carbocycles. The van der Waals surface area contributed by atoms with Crippen molar-refractivity contribution < 1.29 is 9.90 Å². The Bertz CT molecular complexity index is 640. The van der Waals surface area contributed by atoms with E-state index in [2.05, 4.69) is 5.43 Å². The van der Waals surface area contributed by atoms with Crippen LogP contribution in [0.5, 0.6) is 0 Å². The third-order valence-corrected chi connectivity index (χ3v) is 3.37. The van der Waals surface area contributed by atoms with Crippen molar-refractivity contribution >= 4 is 11.7 Å². The van der Waals surface area contributed by atoms with Gasteiger partial charge in [-0.05, 0) is 23.8 Å². The molecule has 3 rings (SSSR count). The Morgan fingerprint density at radius 1 is 1.00 bits per heavy atom. The van der Waals surface area contributed by atoms with Gasteiger partial charge in [-0.15, -0.1) is 0 Å². The van der Waals surface area contributed by atoms with E-state index in [0.29, 0.717) is 5.56 Å². The summed E-state index contributed by atoms with van der Waals surface area (Å²) in [5.74, 6) is -0.932. The maximum Gasteiger partial charge on any atom is 0.334 e. The number of carboxylic acid groups (broad SMARTS) is 1. The molecule has 2 aromatic rings. The van der Waals surface area contributed by atoms with E-state index >= 15 is 0 Å². The number of hydrogen-bond donors (Lipinski definition) is 2. The smallest absolute Gasteiger partial charge is 0.334 e. The number of carbonyl (C=O) groups is 1. The lowest BCUT2D eigenvalue weighted by Crippen LogP contribution is -2.50. The molecule has 4 heteroatoms. The van der Waals surface area contributed by atoms with Crippen LogP contribution in [0, 0.1) is 0 Å². The number of para-hydroxylation sites is 1. The Labute approximate surface area is 116 Å². The number of benzene rings is 2. The number of rotatable bonds is 3. The number of aliphatic carboxylic acids is 1. The molecule has 1 atom stereocenters. The number of hydrogen-bond acceptors (Lipinski definition) is 3. The van der Waals surface area contributed by atoms with Crippen LogP contribution in [0.3, 0.4) is 0 Å². The second-order valence-corrected chi connectivity index (χ2v) is 4.61. The number of carboxylic acids is 1. The maximum absolute atomic E-state index is 11.8. The van der Waals surface area contributed by atoms with Gasteiger partial charge in [0.05, 0.1) is 5.69 Å². The van der Waals surface area contributed by atoms with Crippen molar-refractivity contribution in [3.05, 3.63) is 78.5 Å². The van der Waals surface area contributed by atoms with Gasteiger partial charge in [-0.3, -0.25) is 5.01 Å². The number of anilines is 1. The minimum atomic E-state index is -1.23. The fourth-order valence-corrected chi connectivity index (χ4v) is 2.29. The summed E-state index contributed by atoms with van der Waals surface area (Å²) in [6, 6.07) is 18.7. The molecule has 1 aliphatic heterocycles. The van der Waals surface area contributed by atoms with Gasteiger partial charge in [-0.2, -0.15) is 0 Å². The normalized spacial score (nSPS) is 21.1. The number of hydrazine groups is 1. The molecule has 1 aliphatic rings. The van der Waals surface area contributed by atoms with Crippen LogP contribution in [0.4, 0.5) is 5.69 Å². The molecule has 0 spiro atoms. The van der Waals surface area contributed by atoms with Crippen LogP contribution < -0.4 is 10.4 Å². The summed E-state index contributed by atoms with van der Waals surface area (Å²) in [7, 11) is 0. The highest BCUT2D eigenvalue weighted by Crippen LogP contribution is 2.30. The Hall–Kier alpha value is -2.59. The SMILES string of the molecule is O=C(O)C1(c2ccccc2)C=CN(c2ccccc2)N1. The van der Waals surface area contributed by atoms with E-state index < -0.39 is 11.5 Å². The summed E-state index contributed by atoms with van der Waals surface area (Å²) in [4.78, 5) is 11.8. The van der Waals surface area contributed by atoms with E-state index in [0.717, 1.165) is 5.69 Å². The van der Waals surface area contributed by atoms with Gasteiger partial charge in [-0.1, -0.05) is 48.5 Å². The summed E-state index contributed by atoms with van der Waals surface area (Å²) in [5.41, 5.74) is 3.42. The average molecular weight is 266 g/mol. The lowest BCUT2D eigenvalue weighted by atomic mass is 9.91. The molecule has 20 heavy (non-hydrogen) atoms. The van der Waals surface area contributed by atoms with Crippen molar-refractivity contribution in [1.29, 1.82) is 0 Å². The fraction of sp³-hybridized carbons (Fsp3) is 0.0625. The lowest BCUT2D eigenvalue weighted by Gasteiger charge is -2.27. The molecule has 100 valence electrons. The van der Waals surface area contributed by atoms with Crippen LogP contribution in [0.15, 0.2) is 72.9 Å². The first-order valence-electron chi connectivity index (χ1n) is 6.33. The van der Waals surface area contributed by atoms with E-state index in [9.17, 15) is 9.90 Å². The Morgan fingerprint density at radius 2 is 1.60 bits per heavy atom. The highest BCUT2D eigenvalue weighted by atomic mass is 16.4. The van der Waals surface area contributed by atoms with Gasteiger partial charge in [0.2, 0.25) is 0 Å². The average Bonchev–Trinajstić information content (AvgIpc) is 2.96. The van der Waals surface area contributed by atoms with Crippen LogP contribution in [0.1, 0.15) is 5.56 Å². The molecule has 0 amide bonds. The molecule has 0 aliphatic carbocycles. The van der Waals surface area contributed by atoms with Crippen molar-refractivity contribution in [2.75, 3.05) is 5.01 Å². The molecule has 1 unspecified atom stereocenters. The van der Waals surface area contributed by atoms with Crippen LogP contribution in [0.2, 0.25) is 0 Å². The van der Waals surface area contributed by atoms with Crippen LogP contribution in [-0.2, 0) is 10.3 Å². The van der Waals surface area contributed by atoms with Gasteiger partial charge in [0.25, 0.3) is 0 Å². The Balaban J connectivity index is 1.97. The molecule has 2 aromatic carbocycles. The first-order chi connectivity index (χ1) is 9.72. The summed E-state index contributed by atoms with van der Waals surface area (Å²) in [6.07, 6.45) is 3.41. The largest absolute Gasteiger partial charge is 0.479 e. The number of nitrogens with zero attached hydrogens (tertiary/aromatic N) is 1. The molecular weight excluding hydrogens is 252 g/mol. The van der Waals surface area contributed by atoms with Crippen molar-refractivity contribution in [1.82, 2.24) is 5.43 Å². The zero-order chi connectivity index (χ0) is 14.0. The van der Waals surface area contributed by atoms with Crippen molar-refractivity contribution in [2.24, 2.45) is 0 Å². The van der Waals surface area contributed by atoms with Gasteiger partial charge >= 0.3 is 5.97 Å². The zero-order valence-electron chi connectivity index (χ0n) is 10.7. The lowest BCUT2D eigenvalue weighted by molar-refractivity contribution is -0.142. The van der Waals surface area contributed by atoms with Gasteiger partial charge in [0.15, 0.2) is 5.54 Å². The van der Waals surface area contributed by atoms with Gasteiger partial charge in [-0.25, -0.2) is 10.2 Å². The van der Waals surface area contributed by atoms with E-state index in [1.165, 1.54) is 0 Å². The highest BCUT2D eigenvalue weighted by Gasteiger charge is 2.42. The topological polar surface area (TPSA) is 52.6 Å². The quantitative estimate of drug-likeness (QED) is 0.896. The molecular formula is C16H14N2O2. The molecule has 1 heterocycles. The van der Waals surface area contributed by atoms with Crippen molar-refractivity contribution in [2.45, 2.75) is 5.54 Å². The summed E-state index contributed by atoms with van der Waals surface area (Å²) in [5, 5.41) is 11.4. The molecule has 0 saturated heterocycles. The van der Waals surface area contributed by atoms with Crippen LogP contribution in [-0.4, -0.2) is 11.1 Å². The fourth-order valence-electron chi connectivity index (χ4n) is 2.29. The third kappa shape index (κ3) is 1.96. The Kier molecular flexibility index (Phi) is 3.00. The van der Waals surface area contributed by atoms with Crippen LogP contribution in [0.25, 0.3) is 0 Å². The summed E-state index contributed by atoms with van der Waals surface area (Å²) < 4.78 is 0. The van der Waals surface area contributed by atoms with Crippen molar-refractivity contribution in [3.8, 4) is 0 Å². The Morgan fingerprint density at radius 3 is 2.20 bits per heavy atom. The zero-order valence-corrected chi connectivity index (χ0v) is 10.7. The molecule has 2 N–H and O–H groups in total. The van der Waals surface area contributed by atoms with E-state index in [-0.39, 0.29) is 0 Å². The van der Waals surface area contributed by atoms with Gasteiger partial charge in [0.1, 0.15) is 0 Å². The standard InChI is InChI=1S/C16H14N2O2/c19-15(20)16(13-7-3-1-4-8-13)11-12-18(17-16)14-9-5-2-6-10-14/h1-12,17H,(H,19,20). The first-order valence-corrected chi connectivity index (χ1v) is 6.33. The van der Waals surface area contributed by atoms with E-state index in [4.69, 9.17) is 0 Å². The molecule has 0 aromatic heterocycles. The second-order valence-electron chi connectivity index (χ2n) is 4.61. The summed E-state index contributed by atoms with van der Waals surface area (Å²) in [6.45, 7) is 0. The minimum Gasteiger partial charge on any atom is -0.479 e. The monoisotopic (exact) mass is 266 g/mol. The first kappa shape index (κ1) is 12.4. The second kappa shape index (κ2) is 4.83. The maximum atomic E-state index is 11.8. The van der Waals surface area contributed by atoms with E-state index in [1.807, 2.05) is 48.5 Å². The predicted molar refractivity (Wildman–Crippen MR) is 77.0 cm³/mol. The third-order valence-electron chi connectivity index (χ3n) is 3.37. The molecule has 0 fully saturated rings. The van der Waals surface area contributed by atoms with E-state index in [1.54, 1.807) is 29.4 Å². The minimum absolute atomic E-state index is 0.696. The number of nitrogens with one attached hydrogen (secondary N) is 1. The molecule has 0 bridgehead atoms. The predicted octanol–water partition coefficient (Wildman–Crippen LogP) is 2.50. The van der Waals surface area contributed by atoms with Crippen LogP contribution >= 0.6 is 0 Å².